The van der Waals surface area contributed by atoms with Crippen molar-refractivity contribution in [2.24, 2.45) is 0 Å². The van der Waals surface area contributed by atoms with Gasteiger partial charge in [-0.1, -0.05) is 0 Å². The maximum absolute atomic E-state index is 16.8. The zero-order chi connectivity index (χ0) is 30.3. The molecule has 1 spiro atoms. The fourth-order valence-corrected chi connectivity index (χ4v) is 9.14. The minimum atomic E-state index is -3.58. The summed E-state index contributed by atoms with van der Waals surface area (Å²) in [5, 5.41) is 11.6. The molecular weight excluding hydrogens is 587 g/mol. The molecule has 15 heteroatoms. The van der Waals surface area contributed by atoms with Crippen molar-refractivity contribution >= 4 is 38.0 Å². The zero-order valence-electron chi connectivity index (χ0n) is 24.8. The number of nitrogens with one attached hydrogen (secondary N) is 3. The highest BCUT2D eigenvalue weighted by Gasteiger charge is 2.46. The summed E-state index contributed by atoms with van der Waals surface area (Å²) in [6, 6.07) is 2.02. The summed E-state index contributed by atoms with van der Waals surface area (Å²) in [5.41, 5.74) is 3.02. The number of aryl methyl sites for hydroxylation is 1. The second-order valence-electron chi connectivity index (χ2n) is 12.8. The van der Waals surface area contributed by atoms with Crippen LogP contribution in [0.1, 0.15) is 49.7 Å². The van der Waals surface area contributed by atoms with Gasteiger partial charge in [0.25, 0.3) is 10.2 Å². The van der Waals surface area contributed by atoms with Crippen molar-refractivity contribution in [3.63, 3.8) is 0 Å². The summed E-state index contributed by atoms with van der Waals surface area (Å²) >= 11 is 0. The lowest BCUT2D eigenvalue weighted by Gasteiger charge is -2.40. The summed E-state index contributed by atoms with van der Waals surface area (Å²) in [7, 11) is -3.58. The Morgan fingerprint density at radius 1 is 1.05 bits per heavy atom. The van der Waals surface area contributed by atoms with Gasteiger partial charge in [-0.25, -0.2) is 9.11 Å². The SMILES string of the molecule is Cc1cc2n[nH]nc2c(-c2ncc3c(N4CCCC5(CNS(=O)(=O)N5)C4)nc(OCC45CCCN4CCC5)nc3c2F)c1C. The molecule has 44 heavy (non-hydrogen) atoms. The van der Waals surface area contributed by atoms with Gasteiger partial charge < -0.3 is 9.64 Å². The van der Waals surface area contributed by atoms with Crippen LogP contribution in [0.3, 0.4) is 0 Å². The molecule has 0 saturated carbocycles. The highest BCUT2D eigenvalue weighted by Crippen LogP contribution is 2.41. The first kappa shape index (κ1) is 28.0. The standard InChI is InChI=1S/C29H35FN10O3S/c1-17-12-20-24(36-38-35-20)21(18(17)2)25-22(30)23-19(13-31-25)26(39-9-3-6-28(15-39)14-32-44(41,42)37-28)34-27(33-23)43-16-29-7-4-10-40(29)11-5-8-29/h12-13,32,37H,3-11,14-16H2,1-2H3,(H,35,36,38). The highest BCUT2D eigenvalue weighted by molar-refractivity contribution is 7.87. The minimum Gasteiger partial charge on any atom is -0.461 e. The summed E-state index contributed by atoms with van der Waals surface area (Å²) in [5.74, 6) is -0.113. The Balaban J connectivity index is 1.25. The molecule has 7 heterocycles. The van der Waals surface area contributed by atoms with E-state index in [0.717, 1.165) is 56.3 Å². The maximum atomic E-state index is 16.8. The molecule has 4 aromatic rings. The molecule has 232 valence electrons. The van der Waals surface area contributed by atoms with Gasteiger partial charge in [0.1, 0.15) is 34.7 Å². The van der Waals surface area contributed by atoms with E-state index in [-0.39, 0.29) is 29.3 Å². The average molecular weight is 623 g/mol. The van der Waals surface area contributed by atoms with Gasteiger partial charge in [-0.3, -0.25) is 9.88 Å². The molecule has 8 rings (SSSR count). The number of aromatic nitrogens is 6. The van der Waals surface area contributed by atoms with Crippen LogP contribution in [0.4, 0.5) is 10.2 Å². The van der Waals surface area contributed by atoms with Crippen molar-refractivity contribution in [1.82, 2.24) is 44.7 Å². The normalized spacial score (nSPS) is 24.6. The molecule has 4 aliphatic heterocycles. The number of rotatable bonds is 5. The summed E-state index contributed by atoms with van der Waals surface area (Å²) in [4.78, 5) is 18.6. The molecule has 3 N–H and O–H groups in total. The van der Waals surface area contributed by atoms with E-state index >= 15 is 4.39 Å². The number of anilines is 1. The number of ether oxygens (including phenoxy) is 1. The summed E-state index contributed by atoms with van der Waals surface area (Å²) in [6.45, 7) is 7.67. The molecule has 13 nitrogen and oxygen atoms in total. The lowest BCUT2D eigenvalue weighted by atomic mass is 9.90. The molecule has 4 aliphatic rings. The van der Waals surface area contributed by atoms with Crippen LogP contribution in [-0.2, 0) is 10.2 Å². The van der Waals surface area contributed by atoms with E-state index in [0.29, 0.717) is 53.9 Å². The van der Waals surface area contributed by atoms with Crippen molar-refractivity contribution in [1.29, 1.82) is 0 Å². The Kier molecular flexibility index (Phi) is 6.35. The predicted octanol–water partition coefficient (Wildman–Crippen LogP) is 2.50. The fourth-order valence-electron chi connectivity index (χ4n) is 7.79. The predicted molar refractivity (Wildman–Crippen MR) is 162 cm³/mol. The second kappa shape index (κ2) is 9.99. The van der Waals surface area contributed by atoms with Crippen LogP contribution >= 0.6 is 0 Å². The van der Waals surface area contributed by atoms with E-state index in [2.05, 4.69) is 39.7 Å². The fraction of sp³-hybridized carbons (Fsp3) is 0.552. The number of benzene rings is 1. The maximum Gasteiger partial charge on any atom is 0.319 e. The Labute approximate surface area is 254 Å². The van der Waals surface area contributed by atoms with Crippen LogP contribution in [0.2, 0.25) is 0 Å². The molecule has 3 aromatic heterocycles. The van der Waals surface area contributed by atoms with Gasteiger partial charge in [-0.15, -0.1) is 0 Å². The number of fused-ring (bicyclic) bond motifs is 3. The summed E-state index contributed by atoms with van der Waals surface area (Å²) < 4.78 is 53.1. The highest BCUT2D eigenvalue weighted by atomic mass is 32.2. The van der Waals surface area contributed by atoms with Crippen molar-refractivity contribution < 1.29 is 17.5 Å². The van der Waals surface area contributed by atoms with Gasteiger partial charge in [-0.2, -0.15) is 38.5 Å². The van der Waals surface area contributed by atoms with Gasteiger partial charge in [0.15, 0.2) is 5.82 Å². The van der Waals surface area contributed by atoms with Crippen LogP contribution in [0.5, 0.6) is 6.01 Å². The number of halogens is 1. The van der Waals surface area contributed by atoms with Crippen LogP contribution < -0.4 is 19.1 Å². The minimum absolute atomic E-state index is 0.0410. The van der Waals surface area contributed by atoms with Crippen LogP contribution in [0.15, 0.2) is 12.3 Å². The van der Waals surface area contributed by atoms with Gasteiger partial charge in [0, 0.05) is 31.4 Å². The van der Waals surface area contributed by atoms with Crippen molar-refractivity contribution in [2.75, 3.05) is 44.2 Å². The molecule has 0 amide bonds. The third-order valence-electron chi connectivity index (χ3n) is 10.1. The van der Waals surface area contributed by atoms with E-state index in [9.17, 15) is 8.42 Å². The van der Waals surface area contributed by atoms with E-state index in [1.807, 2.05) is 24.8 Å². The Morgan fingerprint density at radius 2 is 1.84 bits per heavy atom. The van der Waals surface area contributed by atoms with Crippen molar-refractivity contribution in [3.05, 3.63) is 29.2 Å². The van der Waals surface area contributed by atoms with Crippen molar-refractivity contribution in [2.45, 2.75) is 63.5 Å². The van der Waals surface area contributed by atoms with Gasteiger partial charge in [-0.05, 0) is 82.7 Å². The third kappa shape index (κ3) is 4.43. The Hall–Kier alpha value is -3.53. The number of nitrogens with zero attached hydrogens (tertiary/aromatic N) is 7. The molecule has 0 aliphatic carbocycles. The lowest BCUT2D eigenvalue weighted by Crippen LogP contribution is -2.56. The van der Waals surface area contributed by atoms with E-state index in [4.69, 9.17) is 9.72 Å². The van der Waals surface area contributed by atoms with Crippen LogP contribution in [-0.4, -0.2) is 94.1 Å². The third-order valence-corrected chi connectivity index (χ3v) is 11.3. The number of piperidine rings is 1. The molecule has 1 atom stereocenters. The molecule has 1 aromatic carbocycles. The van der Waals surface area contributed by atoms with E-state index < -0.39 is 21.6 Å². The molecule has 4 saturated heterocycles. The molecule has 0 radical (unpaired) electrons. The van der Waals surface area contributed by atoms with Crippen LogP contribution in [0, 0.1) is 19.7 Å². The quantitative estimate of drug-likeness (QED) is 0.303. The number of hydrogen-bond acceptors (Lipinski definition) is 10. The molecule has 0 bridgehead atoms. The van der Waals surface area contributed by atoms with Crippen molar-refractivity contribution in [3.8, 4) is 17.3 Å². The number of aromatic amines is 1. The van der Waals surface area contributed by atoms with Gasteiger partial charge in [0.2, 0.25) is 0 Å². The van der Waals surface area contributed by atoms with Gasteiger partial charge >= 0.3 is 6.01 Å². The first-order valence-electron chi connectivity index (χ1n) is 15.2. The Morgan fingerprint density at radius 3 is 2.61 bits per heavy atom. The lowest BCUT2D eigenvalue weighted by molar-refractivity contribution is 0.108. The van der Waals surface area contributed by atoms with Crippen LogP contribution in [0.25, 0.3) is 33.2 Å². The monoisotopic (exact) mass is 622 g/mol. The number of pyridine rings is 1. The van der Waals surface area contributed by atoms with Gasteiger partial charge in [0.05, 0.1) is 16.5 Å². The first-order valence-corrected chi connectivity index (χ1v) is 16.7. The number of H-pyrrole nitrogens is 1. The smallest absolute Gasteiger partial charge is 0.319 e. The average Bonchev–Trinajstić information content (AvgIpc) is 3.77. The Bertz CT molecular complexity index is 1910. The topological polar surface area (TPSA) is 154 Å². The first-order chi connectivity index (χ1) is 21.2. The molecule has 4 fully saturated rings. The van der Waals surface area contributed by atoms with E-state index in [1.54, 1.807) is 6.20 Å². The summed E-state index contributed by atoms with van der Waals surface area (Å²) in [6.07, 6.45) is 7.37. The molecular formula is C29H35FN10O3S. The second-order valence-corrected chi connectivity index (χ2v) is 14.3. The molecule has 1 unspecified atom stereocenters. The number of hydrogen-bond donors (Lipinski definition) is 3. The van der Waals surface area contributed by atoms with E-state index in [1.165, 1.54) is 0 Å². The zero-order valence-corrected chi connectivity index (χ0v) is 25.6. The largest absolute Gasteiger partial charge is 0.461 e.